The highest BCUT2D eigenvalue weighted by Gasteiger charge is 2.18. The summed E-state index contributed by atoms with van der Waals surface area (Å²) >= 11 is 1.21. The molecule has 6 nitrogen and oxygen atoms in total. The summed E-state index contributed by atoms with van der Waals surface area (Å²) in [7, 11) is -2.87. The molecule has 1 aliphatic rings. The zero-order valence-corrected chi connectivity index (χ0v) is 14.1. The molecule has 0 amide bonds. The maximum Gasteiger partial charge on any atom is 0.293 e. The van der Waals surface area contributed by atoms with Crippen LogP contribution < -0.4 is 0 Å². The van der Waals surface area contributed by atoms with Gasteiger partial charge in [-0.1, -0.05) is 41.2 Å². The van der Waals surface area contributed by atoms with Crippen molar-refractivity contribution in [3.05, 3.63) is 52.4 Å². The Hall–Kier alpha value is -1.84. The van der Waals surface area contributed by atoms with Crippen molar-refractivity contribution in [3.8, 4) is 6.07 Å². The highest BCUT2D eigenvalue weighted by Crippen LogP contribution is 2.36. The van der Waals surface area contributed by atoms with Crippen LogP contribution >= 0.6 is 19.8 Å². The number of allylic oxidation sites excluding steroid dienone is 2. The zero-order valence-electron chi connectivity index (χ0n) is 12.3. The molecule has 0 saturated carbocycles. The molecule has 1 aromatic carbocycles. The van der Waals surface area contributed by atoms with Gasteiger partial charge in [-0.15, -0.1) is 0 Å². The molecule has 0 aromatic heterocycles. The Morgan fingerprint density at radius 3 is 2.87 bits per heavy atom. The molecular weight excluding hydrogens is 335 g/mol. The highest BCUT2D eigenvalue weighted by molar-refractivity contribution is 8.18. The van der Waals surface area contributed by atoms with Crippen LogP contribution in [0.1, 0.15) is 11.1 Å². The Morgan fingerprint density at radius 1 is 1.48 bits per heavy atom. The van der Waals surface area contributed by atoms with Crippen LogP contribution in [0.15, 0.2) is 46.5 Å². The van der Waals surface area contributed by atoms with E-state index in [0.29, 0.717) is 15.5 Å². The Morgan fingerprint density at radius 2 is 2.22 bits per heavy atom. The molecule has 120 valence electrons. The Kier molecular flexibility index (Phi) is 6.20. The maximum atomic E-state index is 11.4. The largest absolute Gasteiger partial charge is 0.393 e. The Balaban J connectivity index is 2.18. The lowest BCUT2D eigenvalue weighted by Crippen LogP contribution is -2.06. The fraction of sp³-hybridized carbons (Fsp3) is 0.200. The van der Waals surface area contributed by atoms with Crippen molar-refractivity contribution in [1.29, 1.82) is 5.26 Å². The number of hydrogen-bond acceptors (Lipinski definition) is 7. The molecule has 0 bridgehead atoms. The standard InChI is InChI=1S/C15H15N2O4PS/c1-10-4-2-3-5-11(10)12(8-16)13-6-7-14(23-13)17-21-22(20)15(19)9-18/h2-7,15,18-19,22H,9H2,1H3. The number of rotatable bonds is 5. The number of thioether (sulfide) groups is 1. The molecule has 2 unspecified atom stereocenters. The first-order valence-electron chi connectivity index (χ1n) is 6.71. The van der Waals surface area contributed by atoms with Gasteiger partial charge in [0, 0.05) is 4.91 Å². The van der Waals surface area contributed by atoms with Gasteiger partial charge in [0.1, 0.15) is 11.1 Å². The van der Waals surface area contributed by atoms with E-state index in [4.69, 9.17) is 14.8 Å². The molecule has 2 atom stereocenters. The summed E-state index contributed by atoms with van der Waals surface area (Å²) in [5, 5.41) is 31.4. The summed E-state index contributed by atoms with van der Waals surface area (Å²) in [5.41, 5.74) is 2.36. The fourth-order valence-corrected chi connectivity index (χ4v) is 3.19. The quantitative estimate of drug-likeness (QED) is 0.481. The van der Waals surface area contributed by atoms with E-state index in [9.17, 15) is 9.83 Å². The van der Waals surface area contributed by atoms with Crippen molar-refractivity contribution in [2.45, 2.75) is 12.8 Å². The van der Waals surface area contributed by atoms with Gasteiger partial charge in [0.25, 0.3) is 8.03 Å². The minimum Gasteiger partial charge on any atom is -0.393 e. The maximum absolute atomic E-state index is 11.4. The molecule has 1 heterocycles. The molecular formula is C15H15N2O4PS. The lowest BCUT2D eigenvalue weighted by molar-refractivity contribution is 0.140. The highest BCUT2D eigenvalue weighted by atomic mass is 32.2. The van der Waals surface area contributed by atoms with Crippen LogP contribution in [0.25, 0.3) is 5.57 Å². The number of aliphatic hydroxyl groups is 2. The van der Waals surface area contributed by atoms with E-state index < -0.39 is 20.5 Å². The number of aliphatic hydroxyl groups excluding tert-OH is 2. The van der Waals surface area contributed by atoms with E-state index in [1.165, 1.54) is 11.8 Å². The van der Waals surface area contributed by atoms with Crippen LogP contribution in [0.5, 0.6) is 0 Å². The third-order valence-electron chi connectivity index (χ3n) is 3.04. The van der Waals surface area contributed by atoms with E-state index in [1.54, 1.807) is 12.2 Å². The van der Waals surface area contributed by atoms with Crippen molar-refractivity contribution in [2.75, 3.05) is 6.61 Å². The lowest BCUT2D eigenvalue weighted by atomic mass is 10.0. The van der Waals surface area contributed by atoms with Crippen LogP contribution in [0.3, 0.4) is 0 Å². The van der Waals surface area contributed by atoms with E-state index in [0.717, 1.165) is 11.1 Å². The van der Waals surface area contributed by atoms with Crippen molar-refractivity contribution < 1.29 is 19.4 Å². The van der Waals surface area contributed by atoms with E-state index in [2.05, 4.69) is 11.2 Å². The van der Waals surface area contributed by atoms with Gasteiger partial charge in [-0.2, -0.15) is 5.26 Å². The topological polar surface area (TPSA) is 103 Å². The second kappa shape index (κ2) is 8.14. The van der Waals surface area contributed by atoms with Crippen LogP contribution in [0.2, 0.25) is 0 Å². The third kappa shape index (κ3) is 4.34. The van der Waals surface area contributed by atoms with Crippen LogP contribution in [0, 0.1) is 18.3 Å². The molecule has 0 spiro atoms. The van der Waals surface area contributed by atoms with Gasteiger partial charge in [0.2, 0.25) is 0 Å². The Bertz CT molecular complexity index is 752. The van der Waals surface area contributed by atoms with Crippen molar-refractivity contribution in [3.63, 3.8) is 0 Å². The normalized spacial score (nSPS) is 20.2. The SMILES string of the molecule is Cc1ccccc1C(C#N)=C1C=CC(=NO[PH](=O)C(O)CO)S1. The minimum atomic E-state index is -2.87. The van der Waals surface area contributed by atoms with Gasteiger partial charge in [-0.3, -0.25) is 4.57 Å². The number of nitriles is 1. The summed E-state index contributed by atoms with van der Waals surface area (Å²) in [6.45, 7) is 1.28. The number of aryl methyl sites for hydroxylation is 1. The summed E-state index contributed by atoms with van der Waals surface area (Å²) in [6, 6.07) is 9.77. The van der Waals surface area contributed by atoms with Crippen molar-refractivity contribution >= 4 is 30.4 Å². The molecule has 23 heavy (non-hydrogen) atoms. The molecule has 0 saturated heterocycles. The molecule has 1 aromatic rings. The fourth-order valence-electron chi connectivity index (χ4n) is 1.84. The Labute approximate surface area is 138 Å². The number of nitrogens with zero attached hydrogens (tertiary/aromatic N) is 2. The smallest absolute Gasteiger partial charge is 0.293 e. The monoisotopic (exact) mass is 350 g/mol. The van der Waals surface area contributed by atoms with E-state index in [-0.39, 0.29) is 0 Å². The van der Waals surface area contributed by atoms with Crippen LogP contribution in [-0.2, 0) is 9.19 Å². The first-order valence-corrected chi connectivity index (χ1v) is 8.92. The molecule has 0 radical (unpaired) electrons. The predicted octanol–water partition coefficient (Wildman–Crippen LogP) is 2.65. The van der Waals surface area contributed by atoms with Crippen LogP contribution in [-0.4, -0.2) is 27.7 Å². The van der Waals surface area contributed by atoms with Gasteiger partial charge in [0.15, 0.2) is 5.85 Å². The summed E-state index contributed by atoms with van der Waals surface area (Å²) in [5.74, 6) is -1.43. The molecule has 8 heteroatoms. The molecule has 0 fully saturated rings. The van der Waals surface area contributed by atoms with E-state index in [1.807, 2.05) is 31.2 Å². The number of benzene rings is 1. The average molecular weight is 350 g/mol. The first-order chi connectivity index (χ1) is 11.1. The summed E-state index contributed by atoms with van der Waals surface area (Å²) < 4.78 is 16.1. The van der Waals surface area contributed by atoms with Gasteiger partial charge in [-0.05, 0) is 30.2 Å². The summed E-state index contributed by atoms with van der Waals surface area (Å²) in [4.78, 5) is 0.714. The number of oxime groups is 1. The van der Waals surface area contributed by atoms with Crippen molar-refractivity contribution in [1.82, 2.24) is 0 Å². The zero-order chi connectivity index (χ0) is 16.8. The molecule has 1 aliphatic heterocycles. The molecule has 0 aliphatic carbocycles. The second-order valence-electron chi connectivity index (χ2n) is 4.64. The minimum absolute atomic E-state index is 0.421. The third-order valence-corrected chi connectivity index (χ3v) is 5.01. The molecule has 2 rings (SSSR count). The lowest BCUT2D eigenvalue weighted by Gasteiger charge is -2.06. The predicted molar refractivity (Wildman–Crippen MR) is 91.1 cm³/mol. The van der Waals surface area contributed by atoms with Gasteiger partial charge in [0.05, 0.1) is 12.2 Å². The first kappa shape index (κ1) is 17.5. The average Bonchev–Trinajstić information content (AvgIpc) is 3.03. The van der Waals surface area contributed by atoms with Gasteiger partial charge < -0.3 is 14.8 Å². The van der Waals surface area contributed by atoms with Crippen LogP contribution in [0.4, 0.5) is 0 Å². The van der Waals surface area contributed by atoms with E-state index >= 15 is 0 Å². The van der Waals surface area contributed by atoms with Gasteiger partial charge >= 0.3 is 0 Å². The number of hydrogen-bond donors (Lipinski definition) is 2. The van der Waals surface area contributed by atoms with Crippen molar-refractivity contribution in [2.24, 2.45) is 5.16 Å². The second-order valence-corrected chi connectivity index (χ2v) is 7.19. The summed E-state index contributed by atoms with van der Waals surface area (Å²) in [6.07, 6.45) is 3.37. The van der Waals surface area contributed by atoms with Gasteiger partial charge in [-0.25, -0.2) is 0 Å². The molecule has 2 N–H and O–H groups in total.